The van der Waals surface area contributed by atoms with Crippen molar-refractivity contribution >= 4 is 28.4 Å². The molecule has 186 valence electrons. The molecule has 0 atom stereocenters. The topological polar surface area (TPSA) is 105 Å². The van der Waals surface area contributed by atoms with Gasteiger partial charge in [-0.05, 0) is 49.0 Å². The Hall–Kier alpha value is -4.57. The quantitative estimate of drug-likeness (QED) is 0.380. The number of benzene rings is 2. The van der Waals surface area contributed by atoms with Crippen LogP contribution < -0.4 is 15.8 Å². The third kappa shape index (κ3) is 4.78. The minimum Gasteiger partial charge on any atom is -0.369 e. The van der Waals surface area contributed by atoms with Gasteiger partial charge in [0.05, 0.1) is 6.54 Å². The second-order valence-corrected chi connectivity index (χ2v) is 9.10. The lowest BCUT2D eigenvalue weighted by Gasteiger charge is -2.34. The van der Waals surface area contributed by atoms with Crippen molar-refractivity contribution in [1.82, 2.24) is 29.6 Å². The van der Waals surface area contributed by atoms with Gasteiger partial charge in [-0.1, -0.05) is 23.4 Å². The van der Waals surface area contributed by atoms with Crippen LogP contribution in [0.3, 0.4) is 0 Å². The van der Waals surface area contributed by atoms with E-state index < -0.39 is 0 Å². The van der Waals surface area contributed by atoms with Crippen LogP contribution in [0.4, 0.5) is 17.3 Å². The third-order valence-electron chi connectivity index (χ3n) is 6.65. The van der Waals surface area contributed by atoms with Gasteiger partial charge < -0.3 is 19.6 Å². The van der Waals surface area contributed by atoms with E-state index in [0.717, 1.165) is 48.4 Å². The first kappa shape index (κ1) is 22.9. The van der Waals surface area contributed by atoms with Gasteiger partial charge in [-0.15, -0.1) is 0 Å². The van der Waals surface area contributed by atoms with Crippen LogP contribution in [0.5, 0.6) is 0 Å². The summed E-state index contributed by atoms with van der Waals surface area (Å²) in [6.45, 7) is 4.46. The molecule has 1 aliphatic rings. The highest BCUT2D eigenvalue weighted by atomic mass is 16.5. The maximum atomic E-state index is 12.9. The van der Waals surface area contributed by atoms with Gasteiger partial charge in [-0.25, -0.2) is 4.98 Å². The van der Waals surface area contributed by atoms with Crippen LogP contribution in [0, 0.1) is 0 Å². The second-order valence-electron chi connectivity index (χ2n) is 9.10. The number of fused-ring (bicyclic) bond motifs is 1. The van der Waals surface area contributed by atoms with Crippen molar-refractivity contribution in [1.29, 1.82) is 0 Å². The third-order valence-corrected chi connectivity index (χ3v) is 6.65. The molecule has 10 nitrogen and oxygen atoms in total. The average molecular weight is 495 g/mol. The van der Waals surface area contributed by atoms with Gasteiger partial charge in [0.1, 0.15) is 5.65 Å². The molecule has 2 aromatic carbocycles. The summed E-state index contributed by atoms with van der Waals surface area (Å²) in [5.74, 6) is 0.824. The lowest BCUT2D eigenvalue weighted by atomic mass is 10.1. The first-order chi connectivity index (χ1) is 18.1. The van der Waals surface area contributed by atoms with Crippen LogP contribution in [-0.4, -0.2) is 62.8 Å². The number of rotatable bonds is 6. The number of hydrogen-bond donors (Lipinski definition) is 1. The molecule has 10 heteroatoms. The number of anilines is 3. The zero-order valence-corrected chi connectivity index (χ0v) is 20.4. The average Bonchev–Trinajstić information content (AvgIpc) is 3.47. The number of nitrogens with zero attached hydrogens (tertiary/aromatic N) is 7. The maximum absolute atomic E-state index is 12.9. The Kier molecular flexibility index (Phi) is 6.07. The Morgan fingerprint density at radius 1 is 0.946 bits per heavy atom. The minimum atomic E-state index is -0.158. The molecular weight excluding hydrogens is 468 g/mol. The Morgan fingerprint density at radius 2 is 1.76 bits per heavy atom. The molecule has 0 aliphatic carbocycles. The van der Waals surface area contributed by atoms with Crippen LogP contribution in [0.25, 0.3) is 22.5 Å². The summed E-state index contributed by atoms with van der Waals surface area (Å²) in [7, 11) is 2.15. The van der Waals surface area contributed by atoms with E-state index in [4.69, 9.17) is 9.51 Å². The van der Waals surface area contributed by atoms with Gasteiger partial charge in [0.15, 0.2) is 6.33 Å². The fourth-order valence-corrected chi connectivity index (χ4v) is 4.56. The molecule has 0 unspecified atom stereocenters. The molecule has 0 saturated carbocycles. The smallest absolute Gasteiger partial charge is 0.257 e. The van der Waals surface area contributed by atoms with Crippen molar-refractivity contribution in [2.24, 2.45) is 0 Å². The molecule has 1 saturated heterocycles. The largest absolute Gasteiger partial charge is 0.369 e. The zero-order chi connectivity index (χ0) is 25.2. The molecule has 1 aliphatic heterocycles. The van der Waals surface area contributed by atoms with Crippen molar-refractivity contribution in [3.63, 3.8) is 0 Å². The Balaban J connectivity index is 1.28. The van der Waals surface area contributed by atoms with Gasteiger partial charge in [0, 0.05) is 60.8 Å². The van der Waals surface area contributed by atoms with Crippen molar-refractivity contribution < 1.29 is 4.52 Å². The molecule has 6 rings (SSSR count). The fourth-order valence-electron chi connectivity index (χ4n) is 4.56. The molecule has 4 heterocycles. The Morgan fingerprint density at radius 3 is 2.54 bits per heavy atom. The lowest BCUT2D eigenvalue weighted by molar-refractivity contribution is 0.313. The van der Waals surface area contributed by atoms with Crippen molar-refractivity contribution in [3.05, 3.63) is 89.1 Å². The minimum absolute atomic E-state index is 0.158. The molecular formula is C27H26N8O2. The highest BCUT2D eigenvalue weighted by Crippen LogP contribution is 2.24. The van der Waals surface area contributed by atoms with E-state index in [-0.39, 0.29) is 5.56 Å². The van der Waals surface area contributed by atoms with Gasteiger partial charge >= 0.3 is 0 Å². The monoisotopic (exact) mass is 494 g/mol. The van der Waals surface area contributed by atoms with E-state index in [0.29, 0.717) is 24.0 Å². The highest BCUT2D eigenvalue weighted by Gasteiger charge is 2.15. The highest BCUT2D eigenvalue weighted by molar-refractivity contribution is 5.76. The number of likely N-dealkylation sites (N-methyl/N-ethyl adjacent to an activating group) is 1. The van der Waals surface area contributed by atoms with Gasteiger partial charge in [0.25, 0.3) is 11.4 Å². The predicted molar refractivity (Wildman–Crippen MR) is 142 cm³/mol. The van der Waals surface area contributed by atoms with Crippen LogP contribution in [0.1, 0.15) is 5.56 Å². The number of hydrogen-bond acceptors (Lipinski definition) is 9. The molecule has 1 fully saturated rings. The Bertz CT molecular complexity index is 1570. The van der Waals surface area contributed by atoms with E-state index in [2.05, 4.69) is 49.4 Å². The molecule has 0 radical (unpaired) electrons. The van der Waals surface area contributed by atoms with E-state index in [1.807, 2.05) is 36.4 Å². The van der Waals surface area contributed by atoms with Gasteiger partial charge in [-0.3, -0.25) is 9.36 Å². The summed E-state index contributed by atoms with van der Waals surface area (Å²) in [5.41, 5.74) is 4.11. The summed E-state index contributed by atoms with van der Waals surface area (Å²) >= 11 is 0. The fraction of sp³-hybridized carbons (Fsp3) is 0.222. The van der Waals surface area contributed by atoms with E-state index in [9.17, 15) is 4.79 Å². The molecule has 0 amide bonds. The Labute approximate surface area is 213 Å². The predicted octanol–water partition coefficient (Wildman–Crippen LogP) is 3.39. The summed E-state index contributed by atoms with van der Waals surface area (Å²) in [5, 5.41) is 7.76. The maximum Gasteiger partial charge on any atom is 0.257 e. The number of piperazine rings is 1. The lowest BCUT2D eigenvalue weighted by Crippen LogP contribution is -2.44. The zero-order valence-electron chi connectivity index (χ0n) is 20.4. The second kappa shape index (κ2) is 9.82. The number of pyridine rings is 1. The number of nitrogens with one attached hydrogen (secondary N) is 1. The van der Waals surface area contributed by atoms with Crippen molar-refractivity contribution in [2.75, 3.05) is 43.4 Å². The van der Waals surface area contributed by atoms with Gasteiger partial charge in [0.2, 0.25) is 5.95 Å². The summed E-state index contributed by atoms with van der Waals surface area (Å²) in [6.07, 6.45) is 3.09. The molecule has 1 N–H and O–H groups in total. The van der Waals surface area contributed by atoms with Crippen molar-refractivity contribution in [2.45, 2.75) is 6.54 Å². The van der Waals surface area contributed by atoms with E-state index in [1.165, 1.54) is 18.1 Å². The van der Waals surface area contributed by atoms with Crippen molar-refractivity contribution in [3.8, 4) is 11.5 Å². The van der Waals surface area contributed by atoms with E-state index >= 15 is 0 Å². The summed E-state index contributed by atoms with van der Waals surface area (Å²) in [4.78, 5) is 31.0. The number of aromatic nitrogens is 5. The SMILES string of the molecule is CN1CCN(c2ccc(Nc3ncc4ccc(=O)n(Cc5ccccc5-c5ncno5)c4n3)cc2)CC1. The van der Waals surface area contributed by atoms with E-state index in [1.54, 1.807) is 16.8 Å². The van der Waals surface area contributed by atoms with Crippen LogP contribution in [0.2, 0.25) is 0 Å². The molecule has 3 aromatic heterocycles. The first-order valence-electron chi connectivity index (χ1n) is 12.2. The van der Waals surface area contributed by atoms with Crippen LogP contribution >= 0.6 is 0 Å². The molecule has 5 aromatic rings. The summed E-state index contributed by atoms with van der Waals surface area (Å²) < 4.78 is 6.90. The summed E-state index contributed by atoms with van der Waals surface area (Å²) in [6, 6.07) is 19.2. The molecule has 0 bridgehead atoms. The van der Waals surface area contributed by atoms with Crippen LogP contribution in [0.15, 0.2) is 82.5 Å². The molecule has 37 heavy (non-hydrogen) atoms. The first-order valence-corrected chi connectivity index (χ1v) is 12.2. The van der Waals surface area contributed by atoms with Gasteiger partial charge in [-0.2, -0.15) is 9.97 Å². The standard InChI is InChI=1S/C27H26N8O2/c1-33-12-14-34(15-13-33)22-9-7-21(8-10-22)31-27-28-16-19-6-11-24(36)35(25(19)32-27)17-20-4-2-3-5-23(20)26-29-18-30-37-26/h2-11,16,18H,12-15,17H2,1H3,(H,28,31,32). The van der Waals surface area contributed by atoms with Crippen LogP contribution in [-0.2, 0) is 6.54 Å². The molecule has 0 spiro atoms. The normalized spacial score (nSPS) is 14.2.